The fourth-order valence-electron chi connectivity index (χ4n) is 4.49. The van der Waals surface area contributed by atoms with Gasteiger partial charge in [-0.1, -0.05) is 91.0 Å². The number of nitrogens with zero attached hydrogens (tertiary/aromatic N) is 2. The van der Waals surface area contributed by atoms with E-state index in [2.05, 4.69) is 52.0 Å². The number of hydrogen-bond acceptors (Lipinski definition) is 6. The molecule has 8 heteroatoms. The van der Waals surface area contributed by atoms with Crippen LogP contribution in [0.5, 0.6) is 0 Å². The standard InChI is InChI=1S/C28H31N5O2S/c1-36-27(30-19-24-25(26(29)35)31-20-33(24)17-18-34)32-28(21-11-5-2-6-12-21,22-13-7-3-8-14-22)23-15-9-4-10-16-23/h2-16,20,27,30,32,34H,17-19H2,1H3,(H2,29,35). The van der Waals surface area contributed by atoms with E-state index in [0.29, 0.717) is 18.8 Å². The lowest BCUT2D eigenvalue weighted by atomic mass is 9.77. The Labute approximate surface area is 215 Å². The van der Waals surface area contributed by atoms with Crippen molar-refractivity contribution in [1.29, 1.82) is 0 Å². The normalized spacial score (nSPS) is 12.4. The van der Waals surface area contributed by atoms with Crippen molar-refractivity contribution < 1.29 is 9.90 Å². The zero-order valence-electron chi connectivity index (χ0n) is 20.2. The van der Waals surface area contributed by atoms with Crippen molar-refractivity contribution in [1.82, 2.24) is 20.2 Å². The molecule has 186 valence electrons. The first-order valence-electron chi connectivity index (χ1n) is 11.7. The van der Waals surface area contributed by atoms with Crippen LogP contribution >= 0.6 is 11.8 Å². The van der Waals surface area contributed by atoms with Crippen LogP contribution in [0.3, 0.4) is 0 Å². The van der Waals surface area contributed by atoms with Crippen LogP contribution in [0.4, 0.5) is 0 Å². The van der Waals surface area contributed by atoms with Crippen LogP contribution < -0.4 is 16.4 Å². The van der Waals surface area contributed by atoms with Gasteiger partial charge >= 0.3 is 0 Å². The average Bonchev–Trinajstić information content (AvgIpc) is 3.33. The van der Waals surface area contributed by atoms with E-state index in [1.54, 1.807) is 16.3 Å². The third kappa shape index (κ3) is 5.37. The van der Waals surface area contributed by atoms with Gasteiger partial charge in [0.2, 0.25) is 0 Å². The summed E-state index contributed by atoms with van der Waals surface area (Å²) in [5, 5.41) is 16.9. The summed E-state index contributed by atoms with van der Waals surface area (Å²) in [6, 6.07) is 31.1. The molecule has 0 radical (unpaired) electrons. The van der Waals surface area contributed by atoms with Gasteiger partial charge in [0.05, 0.1) is 24.2 Å². The van der Waals surface area contributed by atoms with Gasteiger partial charge in [0, 0.05) is 13.1 Å². The lowest BCUT2D eigenvalue weighted by Crippen LogP contribution is -2.53. The molecule has 0 spiro atoms. The van der Waals surface area contributed by atoms with Crippen molar-refractivity contribution >= 4 is 17.7 Å². The van der Waals surface area contributed by atoms with Crippen LogP contribution in [-0.2, 0) is 18.6 Å². The predicted molar refractivity (Wildman–Crippen MR) is 144 cm³/mol. The van der Waals surface area contributed by atoms with Gasteiger partial charge in [-0.3, -0.25) is 15.4 Å². The first kappa shape index (κ1) is 25.7. The molecular weight excluding hydrogens is 470 g/mol. The van der Waals surface area contributed by atoms with Gasteiger partial charge in [0.25, 0.3) is 5.91 Å². The van der Waals surface area contributed by atoms with Gasteiger partial charge in [0.1, 0.15) is 11.2 Å². The smallest absolute Gasteiger partial charge is 0.269 e. The molecule has 0 aliphatic rings. The molecule has 1 heterocycles. The first-order valence-corrected chi connectivity index (χ1v) is 13.0. The summed E-state index contributed by atoms with van der Waals surface area (Å²) >= 11 is 1.62. The van der Waals surface area contributed by atoms with Crippen LogP contribution in [0, 0.1) is 0 Å². The number of thioether (sulfide) groups is 1. The van der Waals surface area contributed by atoms with Gasteiger partial charge in [-0.15, -0.1) is 11.8 Å². The molecule has 0 saturated carbocycles. The third-order valence-electron chi connectivity index (χ3n) is 6.18. The minimum atomic E-state index is -0.650. The number of rotatable bonds is 12. The summed E-state index contributed by atoms with van der Waals surface area (Å²) in [5.41, 5.74) is 8.85. The number of nitrogens with two attached hydrogens (primary N) is 1. The number of aliphatic hydroxyl groups is 1. The van der Waals surface area contributed by atoms with Crippen LogP contribution in [0.1, 0.15) is 32.9 Å². The Kier molecular flexibility index (Phi) is 8.56. The molecule has 0 bridgehead atoms. The quantitative estimate of drug-likeness (QED) is 0.175. The third-order valence-corrected chi connectivity index (χ3v) is 6.94. The van der Waals surface area contributed by atoms with E-state index in [0.717, 1.165) is 16.7 Å². The molecule has 0 aliphatic carbocycles. The summed E-state index contributed by atoms with van der Waals surface area (Å²) in [6.45, 7) is 0.604. The Morgan fingerprint density at radius 1 is 0.972 bits per heavy atom. The van der Waals surface area contributed by atoms with Gasteiger partial charge < -0.3 is 15.4 Å². The van der Waals surface area contributed by atoms with Gasteiger partial charge in [0.15, 0.2) is 0 Å². The number of primary amides is 1. The highest BCUT2D eigenvalue weighted by atomic mass is 32.2. The second-order valence-corrected chi connectivity index (χ2v) is 9.25. The van der Waals surface area contributed by atoms with E-state index in [1.165, 1.54) is 6.33 Å². The fourth-order valence-corrected chi connectivity index (χ4v) is 5.04. The molecule has 3 aromatic carbocycles. The molecule has 1 atom stereocenters. The Hall–Kier alpha value is -3.43. The maximum Gasteiger partial charge on any atom is 0.269 e. The Morgan fingerprint density at radius 3 is 1.89 bits per heavy atom. The van der Waals surface area contributed by atoms with E-state index < -0.39 is 11.4 Å². The summed E-state index contributed by atoms with van der Waals surface area (Å²) < 4.78 is 1.75. The Bertz CT molecular complexity index is 1150. The highest BCUT2D eigenvalue weighted by Gasteiger charge is 2.38. The van der Waals surface area contributed by atoms with E-state index in [-0.39, 0.29) is 17.8 Å². The van der Waals surface area contributed by atoms with Crippen molar-refractivity contribution in [3.8, 4) is 0 Å². The number of carbonyl (C=O) groups excluding carboxylic acids is 1. The number of aromatic nitrogens is 2. The molecule has 4 aromatic rings. The highest BCUT2D eigenvalue weighted by Crippen LogP contribution is 2.37. The first-order chi connectivity index (χ1) is 17.6. The highest BCUT2D eigenvalue weighted by molar-refractivity contribution is 7.99. The van der Waals surface area contributed by atoms with Crippen molar-refractivity contribution in [3.05, 3.63) is 125 Å². The summed E-state index contributed by atoms with van der Waals surface area (Å²) in [7, 11) is 0. The Balaban J connectivity index is 1.75. The zero-order chi connectivity index (χ0) is 25.4. The maximum atomic E-state index is 12.0. The van der Waals surface area contributed by atoms with Crippen molar-refractivity contribution in [2.75, 3.05) is 12.9 Å². The number of imidazole rings is 1. The minimum absolute atomic E-state index is 0.0646. The zero-order valence-corrected chi connectivity index (χ0v) is 21.0. The number of aliphatic hydroxyl groups excluding tert-OH is 1. The van der Waals surface area contributed by atoms with E-state index >= 15 is 0 Å². The second-order valence-electron chi connectivity index (χ2n) is 8.31. The monoisotopic (exact) mass is 501 g/mol. The molecule has 5 N–H and O–H groups in total. The van der Waals surface area contributed by atoms with Crippen molar-refractivity contribution in [3.63, 3.8) is 0 Å². The van der Waals surface area contributed by atoms with Crippen LogP contribution in [0.25, 0.3) is 0 Å². The maximum absolute atomic E-state index is 12.0. The van der Waals surface area contributed by atoms with E-state index in [1.807, 2.05) is 60.9 Å². The summed E-state index contributed by atoms with van der Waals surface area (Å²) in [6.07, 6.45) is 3.56. The fraction of sp³-hybridized carbons (Fsp3) is 0.214. The van der Waals surface area contributed by atoms with Crippen LogP contribution in [0.2, 0.25) is 0 Å². The topological polar surface area (TPSA) is 105 Å². The number of benzene rings is 3. The van der Waals surface area contributed by atoms with Crippen molar-refractivity contribution in [2.45, 2.75) is 24.1 Å². The van der Waals surface area contributed by atoms with Gasteiger partial charge in [-0.05, 0) is 22.9 Å². The number of amides is 1. The lowest BCUT2D eigenvalue weighted by molar-refractivity contribution is 0.0994. The van der Waals surface area contributed by atoms with Crippen LogP contribution in [0.15, 0.2) is 97.3 Å². The average molecular weight is 502 g/mol. The predicted octanol–water partition coefficient (Wildman–Crippen LogP) is 3.29. The molecule has 1 unspecified atom stereocenters. The summed E-state index contributed by atoms with van der Waals surface area (Å²) in [4.78, 5) is 16.1. The molecule has 0 fully saturated rings. The number of nitrogens with one attached hydrogen (secondary N) is 2. The largest absolute Gasteiger partial charge is 0.395 e. The van der Waals surface area contributed by atoms with E-state index in [4.69, 9.17) is 5.73 Å². The molecule has 0 saturated heterocycles. The molecule has 1 amide bonds. The molecular formula is C28H31N5O2S. The second kappa shape index (κ2) is 12.0. The number of carbonyl (C=O) groups is 1. The van der Waals surface area contributed by atoms with Crippen LogP contribution in [-0.4, -0.2) is 38.9 Å². The summed E-state index contributed by atoms with van der Waals surface area (Å²) in [5.74, 6) is -0.593. The minimum Gasteiger partial charge on any atom is -0.395 e. The molecule has 4 rings (SSSR count). The Morgan fingerprint density at radius 2 is 1.47 bits per heavy atom. The van der Waals surface area contributed by atoms with Gasteiger partial charge in [-0.25, -0.2) is 4.98 Å². The lowest BCUT2D eigenvalue weighted by Gasteiger charge is -2.40. The number of hydrogen-bond donors (Lipinski definition) is 4. The van der Waals surface area contributed by atoms with E-state index in [9.17, 15) is 9.90 Å². The SMILES string of the molecule is CSC(NCc1c(C(N)=O)ncn1CCO)NC(c1ccccc1)(c1ccccc1)c1ccccc1. The van der Waals surface area contributed by atoms with Crippen molar-refractivity contribution in [2.24, 2.45) is 5.73 Å². The molecule has 36 heavy (non-hydrogen) atoms. The van der Waals surface area contributed by atoms with Gasteiger partial charge in [-0.2, -0.15) is 0 Å². The molecule has 0 aliphatic heterocycles. The molecule has 7 nitrogen and oxygen atoms in total. The molecule has 1 aromatic heterocycles.